The van der Waals surface area contributed by atoms with Crippen LogP contribution in [0.15, 0.2) is 36.4 Å². The number of carbonyl (C=O) groups is 2. The lowest BCUT2D eigenvalue weighted by atomic mass is 10.1. The first-order valence-corrected chi connectivity index (χ1v) is 11.0. The number of hydrogen-bond donors (Lipinski definition) is 1. The minimum Gasteiger partial charge on any atom is -0.451 e. The van der Waals surface area contributed by atoms with Crippen LogP contribution in [-0.2, 0) is 14.9 Å². The number of esters is 2. The minimum absolute atomic E-state index is 0.145. The second kappa shape index (κ2) is 9.41. The van der Waals surface area contributed by atoms with Crippen LogP contribution in [0.2, 0.25) is 0 Å². The summed E-state index contributed by atoms with van der Waals surface area (Å²) in [5.74, 6) is -2.89. The Hall–Kier alpha value is -2.72. The summed E-state index contributed by atoms with van der Waals surface area (Å²) in [4.78, 5) is 34.8. The van der Waals surface area contributed by atoms with Gasteiger partial charge in [0, 0.05) is 15.7 Å². The Morgan fingerprint density at radius 2 is 1.81 bits per heavy atom. The maximum absolute atomic E-state index is 13.6. The molecule has 10 nitrogen and oxygen atoms in total. The van der Waals surface area contributed by atoms with Crippen molar-refractivity contribution in [2.75, 3.05) is 0 Å². The first-order valence-electron chi connectivity index (χ1n) is 8.47. The predicted octanol–water partition coefficient (Wildman–Crippen LogP) is 3.75. The zero-order valence-electron chi connectivity index (χ0n) is 16.2. The molecule has 0 spiro atoms. The van der Waals surface area contributed by atoms with Crippen LogP contribution in [0.25, 0.3) is 0 Å². The van der Waals surface area contributed by atoms with Crippen LogP contribution >= 0.6 is 22.6 Å². The zero-order chi connectivity index (χ0) is 24.4. The summed E-state index contributed by atoms with van der Waals surface area (Å²) in [6.45, 7) is 2.22. The molecular weight excluding hydrogens is 571 g/mol. The molecule has 1 unspecified atom stereocenters. The Kier molecular flexibility index (Phi) is 7.51. The number of nitrogens with zero attached hydrogens (tertiary/aromatic N) is 1. The molecule has 0 heterocycles. The summed E-state index contributed by atoms with van der Waals surface area (Å²) >= 11 is 2.05. The van der Waals surface area contributed by atoms with Crippen LogP contribution in [0.5, 0.6) is 5.75 Å². The molecule has 0 aliphatic heterocycles. The lowest BCUT2D eigenvalue weighted by molar-refractivity contribution is -0.385. The molecule has 14 heteroatoms. The molecule has 0 saturated carbocycles. The number of halogens is 3. The van der Waals surface area contributed by atoms with Crippen molar-refractivity contribution < 1.29 is 45.7 Å². The molecule has 2 rings (SSSR count). The monoisotopic (exact) mass is 585 g/mol. The lowest BCUT2D eigenvalue weighted by Crippen LogP contribution is -2.42. The lowest BCUT2D eigenvalue weighted by Gasteiger charge is -2.20. The van der Waals surface area contributed by atoms with Crippen LogP contribution in [-0.4, -0.2) is 41.2 Å². The van der Waals surface area contributed by atoms with E-state index in [1.165, 1.54) is 12.1 Å². The van der Waals surface area contributed by atoms with Gasteiger partial charge in [-0.15, -0.1) is 0 Å². The van der Waals surface area contributed by atoms with Gasteiger partial charge in [0.05, 0.1) is 10.5 Å². The molecule has 0 aliphatic rings. The standard InChI is InChI=1S/C18H14F2INO9S/c1-9-7-11(3-5-14(9)21)16(23)31-12-4-6-15(22(25)26)13(8-12)17(24)30-10(2)18(19,20)32(27,28)29/h3-8,10H,1-2H3,(H,27,28,29). The quantitative estimate of drug-likeness (QED) is 0.128. The van der Waals surface area contributed by atoms with Crippen molar-refractivity contribution in [3.63, 3.8) is 0 Å². The maximum atomic E-state index is 13.6. The first kappa shape index (κ1) is 25.5. The van der Waals surface area contributed by atoms with E-state index >= 15 is 0 Å². The number of hydrogen-bond acceptors (Lipinski definition) is 8. The molecular formula is C18H14F2INO9S. The van der Waals surface area contributed by atoms with E-state index in [-0.39, 0.29) is 11.3 Å². The molecule has 1 N–H and O–H groups in total. The largest absolute Gasteiger partial charge is 0.451 e. The second-order valence-electron chi connectivity index (χ2n) is 6.37. The average molecular weight is 585 g/mol. The van der Waals surface area contributed by atoms with Gasteiger partial charge in [-0.05, 0) is 66.3 Å². The Morgan fingerprint density at radius 3 is 2.34 bits per heavy atom. The molecule has 0 aromatic heterocycles. The van der Waals surface area contributed by atoms with E-state index in [2.05, 4.69) is 27.3 Å². The molecule has 0 bridgehead atoms. The fraction of sp³-hybridized carbons (Fsp3) is 0.222. The summed E-state index contributed by atoms with van der Waals surface area (Å²) in [6.07, 6.45) is -2.69. The summed E-state index contributed by atoms with van der Waals surface area (Å²) in [6, 6.07) is 7.16. The SMILES string of the molecule is Cc1cc(C(=O)Oc2ccc([N+](=O)[O-])c(C(=O)OC(C)C(F)(F)S(=O)(=O)O)c2)ccc1I. The van der Waals surface area contributed by atoms with E-state index in [0.29, 0.717) is 6.92 Å². The van der Waals surface area contributed by atoms with Gasteiger partial charge >= 0.3 is 27.3 Å². The fourth-order valence-corrected chi connectivity index (χ4v) is 3.14. The van der Waals surface area contributed by atoms with Gasteiger partial charge in [-0.1, -0.05) is 0 Å². The fourth-order valence-electron chi connectivity index (χ4n) is 2.34. The smallest absolute Gasteiger partial charge is 0.405 e. The van der Waals surface area contributed by atoms with Crippen LogP contribution in [0.1, 0.15) is 33.2 Å². The molecule has 32 heavy (non-hydrogen) atoms. The normalized spacial score (nSPS) is 12.7. The topological polar surface area (TPSA) is 150 Å². The average Bonchev–Trinajstić information content (AvgIpc) is 2.68. The Balaban J connectivity index is 2.35. The van der Waals surface area contributed by atoms with Gasteiger partial charge in [-0.25, -0.2) is 9.59 Å². The van der Waals surface area contributed by atoms with Gasteiger partial charge in [-0.2, -0.15) is 17.2 Å². The van der Waals surface area contributed by atoms with Crippen molar-refractivity contribution in [1.82, 2.24) is 0 Å². The zero-order valence-corrected chi connectivity index (χ0v) is 19.2. The molecule has 0 saturated heterocycles. The van der Waals surface area contributed by atoms with E-state index in [0.717, 1.165) is 27.3 Å². The summed E-state index contributed by atoms with van der Waals surface area (Å²) < 4.78 is 67.8. The van der Waals surface area contributed by atoms with E-state index < -0.39 is 49.6 Å². The molecule has 2 aromatic carbocycles. The van der Waals surface area contributed by atoms with E-state index in [9.17, 15) is 36.9 Å². The summed E-state index contributed by atoms with van der Waals surface area (Å²) in [7, 11) is -5.93. The van der Waals surface area contributed by atoms with E-state index in [4.69, 9.17) is 9.29 Å². The van der Waals surface area contributed by atoms with Crippen molar-refractivity contribution in [3.05, 3.63) is 66.8 Å². The Labute approximate surface area is 193 Å². The molecule has 1 atom stereocenters. The molecule has 0 amide bonds. The van der Waals surface area contributed by atoms with E-state index in [1.54, 1.807) is 13.0 Å². The number of carbonyl (C=O) groups excluding carboxylic acids is 2. The number of rotatable bonds is 7. The molecule has 0 radical (unpaired) electrons. The molecule has 2 aromatic rings. The van der Waals surface area contributed by atoms with Crippen molar-refractivity contribution in [2.24, 2.45) is 0 Å². The number of nitro groups is 1. The minimum atomic E-state index is -5.93. The van der Waals surface area contributed by atoms with Gasteiger partial charge in [0.2, 0.25) is 0 Å². The third-order valence-electron chi connectivity index (χ3n) is 4.09. The Morgan fingerprint density at radius 1 is 1.19 bits per heavy atom. The van der Waals surface area contributed by atoms with Gasteiger partial charge in [0.1, 0.15) is 11.3 Å². The van der Waals surface area contributed by atoms with Crippen LogP contribution in [0.4, 0.5) is 14.5 Å². The molecule has 0 fully saturated rings. The number of ether oxygens (including phenoxy) is 2. The van der Waals surface area contributed by atoms with Crippen LogP contribution in [0.3, 0.4) is 0 Å². The van der Waals surface area contributed by atoms with Gasteiger partial charge in [0.25, 0.3) is 5.69 Å². The van der Waals surface area contributed by atoms with Crippen LogP contribution in [0, 0.1) is 20.6 Å². The predicted molar refractivity (Wildman–Crippen MR) is 113 cm³/mol. The second-order valence-corrected chi connectivity index (χ2v) is 9.03. The number of alkyl halides is 2. The van der Waals surface area contributed by atoms with Crippen molar-refractivity contribution >= 4 is 50.3 Å². The van der Waals surface area contributed by atoms with E-state index in [1.807, 2.05) is 0 Å². The third-order valence-corrected chi connectivity index (χ3v) is 6.32. The first-order chi connectivity index (χ1) is 14.6. The summed E-state index contributed by atoms with van der Waals surface area (Å²) in [5.41, 5.74) is -0.826. The van der Waals surface area contributed by atoms with Gasteiger partial charge in [0.15, 0.2) is 6.10 Å². The Bertz CT molecular complexity index is 1200. The highest BCUT2D eigenvalue weighted by atomic mass is 127. The van der Waals surface area contributed by atoms with Crippen molar-refractivity contribution in [3.8, 4) is 5.75 Å². The van der Waals surface area contributed by atoms with Crippen LogP contribution < -0.4 is 4.74 Å². The van der Waals surface area contributed by atoms with Crippen molar-refractivity contribution in [1.29, 1.82) is 0 Å². The number of nitro benzene ring substituents is 1. The number of aryl methyl sites for hydroxylation is 1. The molecule has 0 aliphatic carbocycles. The molecule has 172 valence electrons. The highest BCUT2D eigenvalue weighted by molar-refractivity contribution is 14.1. The highest BCUT2D eigenvalue weighted by Gasteiger charge is 2.52. The summed E-state index contributed by atoms with van der Waals surface area (Å²) in [5, 5.41) is 6.33. The number of benzene rings is 2. The van der Waals surface area contributed by atoms with Crippen molar-refractivity contribution in [2.45, 2.75) is 25.2 Å². The highest BCUT2D eigenvalue weighted by Crippen LogP contribution is 2.30. The van der Waals surface area contributed by atoms with Gasteiger partial charge < -0.3 is 9.47 Å². The third kappa shape index (κ3) is 5.55. The maximum Gasteiger partial charge on any atom is 0.405 e. The van der Waals surface area contributed by atoms with Gasteiger partial charge in [-0.3, -0.25) is 14.7 Å².